The van der Waals surface area contributed by atoms with E-state index in [0.717, 1.165) is 63.2 Å². The molecule has 2 fully saturated rings. The van der Waals surface area contributed by atoms with Gasteiger partial charge in [-0.1, -0.05) is 6.07 Å². The highest BCUT2D eigenvalue weighted by molar-refractivity contribution is 5.98. The van der Waals surface area contributed by atoms with E-state index in [4.69, 9.17) is 5.26 Å². The third-order valence-corrected chi connectivity index (χ3v) is 7.52. The van der Waals surface area contributed by atoms with E-state index in [1.807, 2.05) is 29.2 Å². The van der Waals surface area contributed by atoms with E-state index in [1.54, 1.807) is 0 Å². The number of piperazine rings is 1. The molecule has 6 heteroatoms. The molecule has 1 atom stereocenters. The number of amides is 1. The van der Waals surface area contributed by atoms with Gasteiger partial charge in [-0.25, -0.2) is 0 Å². The van der Waals surface area contributed by atoms with E-state index in [0.29, 0.717) is 17.5 Å². The highest BCUT2D eigenvalue weighted by atomic mass is 16.2. The van der Waals surface area contributed by atoms with Crippen LogP contribution in [0.3, 0.4) is 0 Å². The van der Waals surface area contributed by atoms with Crippen molar-refractivity contribution in [2.45, 2.75) is 38.6 Å². The van der Waals surface area contributed by atoms with E-state index in [2.05, 4.69) is 59.1 Å². The molecule has 3 heterocycles. The van der Waals surface area contributed by atoms with Crippen LogP contribution >= 0.6 is 0 Å². The molecule has 2 aliphatic rings. The van der Waals surface area contributed by atoms with Crippen molar-refractivity contribution in [2.75, 3.05) is 44.2 Å². The lowest BCUT2D eigenvalue weighted by molar-refractivity contribution is 0.0595. The van der Waals surface area contributed by atoms with Crippen molar-refractivity contribution in [1.29, 1.82) is 5.26 Å². The predicted octanol–water partition coefficient (Wildman–Crippen LogP) is 4.59. The smallest absolute Gasteiger partial charge is 0.254 e. The summed E-state index contributed by atoms with van der Waals surface area (Å²) in [5.74, 6) is 0.565. The van der Waals surface area contributed by atoms with Crippen molar-refractivity contribution >= 4 is 22.5 Å². The number of benzene rings is 2. The highest BCUT2D eigenvalue weighted by Crippen LogP contribution is 2.34. The number of carbonyl (C=O) groups excluding carboxylic acids is 1. The molecule has 2 saturated heterocycles. The first-order valence-electron chi connectivity index (χ1n) is 12.4. The number of anilines is 1. The first-order chi connectivity index (χ1) is 16.5. The molecular formula is C28H33N5O. The fraction of sp³-hybridized carbons (Fsp3) is 0.429. The van der Waals surface area contributed by atoms with Crippen molar-refractivity contribution in [3.05, 3.63) is 65.4 Å². The van der Waals surface area contributed by atoms with Gasteiger partial charge in [-0.3, -0.25) is 9.69 Å². The summed E-state index contributed by atoms with van der Waals surface area (Å²) in [6.07, 6.45) is 4.42. The van der Waals surface area contributed by atoms with Crippen LogP contribution < -0.4 is 4.90 Å². The van der Waals surface area contributed by atoms with Gasteiger partial charge in [0.1, 0.15) is 0 Å². The van der Waals surface area contributed by atoms with Crippen LogP contribution in [0.1, 0.15) is 54.1 Å². The van der Waals surface area contributed by atoms with Crippen molar-refractivity contribution < 1.29 is 4.79 Å². The molecule has 1 aromatic heterocycles. The van der Waals surface area contributed by atoms with Crippen molar-refractivity contribution in [3.8, 4) is 6.07 Å². The third kappa shape index (κ3) is 4.41. The van der Waals surface area contributed by atoms with Crippen LogP contribution in [-0.2, 0) is 0 Å². The predicted molar refractivity (Wildman–Crippen MR) is 136 cm³/mol. The number of nitrogens with one attached hydrogen (secondary N) is 1. The fourth-order valence-electron chi connectivity index (χ4n) is 5.46. The standard InChI is InChI=1S/C28H33N5O/c1-20(2)31-12-14-32(15-13-31)28(34)22-7-10-25-26(18-30-27(25)16-22)23-4-3-11-33(19-23)24-8-5-21(17-29)6-9-24/h5-10,16,18,20,23,30H,3-4,11-15,19H2,1-2H3. The molecular weight excluding hydrogens is 422 g/mol. The van der Waals surface area contributed by atoms with Gasteiger partial charge in [-0.15, -0.1) is 0 Å². The SMILES string of the molecule is CC(C)N1CCN(C(=O)c2ccc3c(C4CCCN(c5ccc(C#N)cc5)C4)c[nH]c3c2)CC1. The molecule has 0 aliphatic carbocycles. The van der Waals surface area contributed by atoms with Crippen LogP contribution in [-0.4, -0.2) is 66.0 Å². The van der Waals surface area contributed by atoms with Gasteiger partial charge in [0, 0.05) is 79.6 Å². The van der Waals surface area contributed by atoms with E-state index >= 15 is 0 Å². The van der Waals surface area contributed by atoms with Crippen LogP contribution in [0.2, 0.25) is 0 Å². The number of hydrogen-bond acceptors (Lipinski definition) is 4. The summed E-state index contributed by atoms with van der Waals surface area (Å²) >= 11 is 0. The summed E-state index contributed by atoms with van der Waals surface area (Å²) in [5.41, 5.74) is 5.01. The monoisotopic (exact) mass is 455 g/mol. The third-order valence-electron chi connectivity index (χ3n) is 7.52. The van der Waals surface area contributed by atoms with Gasteiger partial charge < -0.3 is 14.8 Å². The normalized spacial score (nSPS) is 19.5. The molecule has 1 unspecified atom stereocenters. The van der Waals surface area contributed by atoms with Gasteiger partial charge in [0.25, 0.3) is 5.91 Å². The lowest BCUT2D eigenvalue weighted by atomic mass is 9.90. The summed E-state index contributed by atoms with van der Waals surface area (Å²) in [5, 5.41) is 10.3. The molecule has 5 rings (SSSR count). The molecule has 2 aliphatic heterocycles. The molecule has 3 aromatic rings. The Hall–Kier alpha value is -3.30. The molecule has 6 nitrogen and oxygen atoms in total. The van der Waals surface area contributed by atoms with Gasteiger partial charge in [-0.05, 0) is 68.7 Å². The summed E-state index contributed by atoms with van der Waals surface area (Å²) in [6.45, 7) is 9.88. The van der Waals surface area contributed by atoms with Gasteiger partial charge in [0.2, 0.25) is 0 Å². The maximum atomic E-state index is 13.1. The zero-order chi connectivity index (χ0) is 23.7. The minimum absolute atomic E-state index is 0.131. The van der Waals surface area contributed by atoms with Crippen molar-refractivity contribution in [2.24, 2.45) is 0 Å². The number of nitrogens with zero attached hydrogens (tertiary/aromatic N) is 4. The Bertz CT molecular complexity index is 1200. The lowest BCUT2D eigenvalue weighted by Gasteiger charge is -2.37. The van der Waals surface area contributed by atoms with Gasteiger partial charge in [-0.2, -0.15) is 5.26 Å². The molecule has 0 bridgehead atoms. The zero-order valence-corrected chi connectivity index (χ0v) is 20.1. The average molecular weight is 456 g/mol. The minimum atomic E-state index is 0.131. The zero-order valence-electron chi connectivity index (χ0n) is 20.1. The number of rotatable bonds is 4. The number of hydrogen-bond donors (Lipinski definition) is 1. The molecule has 34 heavy (non-hydrogen) atoms. The topological polar surface area (TPSA) is 66.4 Å². The van der Waals surface area contributed by atoms with E-state index in [9.17, 15) is 4.79 Å². The second-order valence-corrected chi connectivity index (χ2v) is 9.87. The molecule has 2 aromatic carbocycles. The number of fused-ring (bicyclic) bond motifs is 1. The van der Waals surface area contributed by atoms with Crippen LogP contribution in [0, 0.1) is 11.3 Å². The summed E-state index contributed by atoms with van der Waals surface area (Å²) < 4.78 is 0. The van der Waals surface area contributed by atoms with Crippen LogP contribution in [0.25, 0.3) is 10.9 Å². The maximum Gasteiger partial charge on any atom is 0.254 e. The quantitative estimate of drug-likeness (QED) is 0.625. The van der Waals surface area contributed by atoms with Crippen molar-refractivity contribution in [1.82, 2.24) is 14.8 Å². The van der Waals surface area contributed by atoms with E-state index < -0.39 is 0 Å². The molecule has 1 N–H and O–H groups in total. The van der Waals surface area contributed by atoms with Crippen LogP contribution in [0.15, 0.2) is 48.7 Å². The number of aromatic amines is 1. The lowest BCUT2D eigenvalue weighted by Crippen LogP contribution is -2.50. The summed E-state index contributed by atoms with van der Waals surface area (Å²) in [6, 6.07) is 16.8. The summed E-state index contributed by atoms with van der Waals surface area (Å²) in [4.78, 5) is 23.4. The largest absolute Gasteiger partial charge is 0.371 e. The van der Waals surface area contributed by atoms with E-state index in [-0.39, 0.29) is 5.91 Å². The Kier molecular flexibility index (Phi) is 6.30. The molecule has 1 amide bonds. The highest BCUT2D eigenvalue weighted by Gasteiger charge is 2.26. The second-order valence-electron chi connectivity index (χ2n) is 9.87. The number of H-pyrrole nitrogens is 1. The second kappa shape index (κ2) is 9.52. The number of piperidine rings is 1. The van der Waals surface area contributed by atoms with Crippen LogP contribution in [0.4, 0.5) is 5.69 Å². The van der Waals surface area contributed by atoms with E-state index in [1.165, 1.54) is 16.6 Å². The Labute approximate surface area is 201 Å². The molecule has 0 spiro atoms. The molecule has 176 valence electrons. The number of aromatic nitrogens is 1. The maximum absolute atomic E-state index is 13.1. The minimum Gasteiger partial charge on any atom is -0.371 e. The molecule has 0 radical (unpaired) electrons. The van der Waals surface area contributed by atoms with Crippen molar-refractivity contribution in [3.63, 3.8) is 0 Å². The van der Waals surface area contributed by atoms with Gasteiger partial charge >= 0.3 is 0 Å². The Balaban J connectivity index is 1.30. The average Bonchev–Trinajstić information content (AvgIpc) is 3.32. The number of nitriles is 1. The Morgan fingerprint density at radius 2 is 1.82 bits per heavy atom. The fourth-order valence-corrected chi connectivity index (χ4v) is 5.46. The van der Waals surface area contributed by atoms with Crippen LogP contribution in [0.5, 0.6) is 0 Å². The summed E-state index contributed by atoms with van der Waals surface area (Å²) in [7, 11) is 0. The first-order valence-corrected chi connectivity index (χ1v) is 12.4. The Morgan fingerprint density at radius 1 is 1.06 bits per heavy atom. The van der Waals surface area contributed by atoms with Gasteiger partial charge in [0.05, 0.1) is 11.6 Å². The first kappa shape index (κ1) is 22.5. The Morgan fingerprint density at radius 3 is 2.53 bits per heavy atom. The van der Waals surface area contributed by atoms with Gasteiger partial charge in [0.15, 0.2) is 0 Å². The molecule has 0 saturated carbocycles. The number of carbonyl (C=O) groups is 1.